The van der Waals surface area contributed by atoms with Crippen LogP contribution in [0, 0.1) is 6.92 Å². The van der Waals surface area contributed by atoms with Crippen molar-refractivity contribution in [3.63, 3.8) is 0 Å². The van der Waals surface area contributed by atoms with E-state index in [4.69, 9.17) is 9.47 Å². The first-order valence-electron chi connectivity index (χ1n) is 9.34. The second-order valence-electron chi connectivity index (χ2n) is 6.61. The highest BCUT2D eigenvalue weighted by molar-refractivity contribution is 14.0. The van der Waals surface area contributed by atoms with E-state index in [-0.39, 0.29) is 24.0 Å². The Morgan fingerprint density at radius 2 is 1.82 bits per heavy atom. The Balaban J connectivity index is 0.00000392. The number of nitrogens with zero attached hydrogens (tertiary/aromatic N) is 1. The van der Waals surface area contributed by atoms with Gasteiger partial charge in [0.2, 0.25) is 0 Å². The molecule has 6 heteroatoms. The molecule has 0 aliphatic heterocycles. The molecule has 0 radical (unpaired) electrons. The quantitative estimate of drug-likeness (QED) is 0.237. The molecule has 2 aromatic rings. The molecule has 2 aromatic carbocycles. The molecule has 0 spiro atoms. The fourth-order valence-electron chi connectivity index (χ4n) is 2.70. The van der Waals surface area contributed by atoms with Crippen molar-refractivity contribution in [2.75, 3.05) is 33.9 Å². The van der Waals surface area contributed by atoms with Crippen LogP contribution in [0.1, 0.15) is 29.5 Å². The number of halogens is 1. The summed E-state index contributed by atoms with van der Waals surface area (Å²) in [6, 6.07) is 16.7. The normalized spacial score (nSPS) is 12.1. The van der Waals surface area contributed by atoms with Gasteiger partial charge in [-0.05, 0) is 36.1 Å². The van der Waals surface area contributed by atoms with Crippen LogP contribution in [0.15, 0.2) is 53.5 Å². The van der Waals surface area contributed by atoms with Gasteiger partial charge in [0.1, 0.15) is 12.4 Å². The molecule has 0 aliphatic rings. The van der Waals surface area contributed by atoms with Crippen LogP contribution >= 0.6 is 24.0 Å². The molecule has 0 aliphatic carbocycles. The SMILES string of the molecule is CN=C(NCc1ccc(OCCOC)cc1)NCC(C)c1cccc(C)c1.I. The number of guanidine groups is 1. The Morgan fingerprint density at radius 1 is 1.07 bits per heavy atom. The van der Waals surface area contributed by atoms with E-state index < -0.39 is 0 Å². The summed E-state index contributed by atoms with van der Waals surface area (Å²) >= 11 is 0. The van der Waals surface area contributed by atoms with Gasteiger partial charge in [-0.15, -0.1) is 24.0 Å². The molecule has 0 saturated heterocycles. The maximum atomic E-state index is 5.58. The molecule has 0 aromatic heterocycles. The van der Waals surface area contributed by atoms with Crippen molar-refractivity contribution >= 4 is 29.9 Å². The van der Waals surface area contributed by atoms with E-state index in [1.54, 1.807) is 14.2 Å². The molecule has 1 unspecified atom stereocenters. The zero-order valence-electron chi connectivity index (χ0n) is 17.2. The lowest BCUT2D eigenvalue weighted by molar-refractivity contribution is 0.146. The molecule has 0 fully saturated rings. The van der Waals surface area contributed by atoms with Gasteiger partial charge < -0.3 is 20.1 Å². The van der Waals surface area contributed by atoms with Crippen molar-refractivity contribution in [2.24, 2.45) is 4.99 Å². The highest BCUT2D eigenvalue weighted by Gasteiger charge is 2.07. The summed E-state index contributed by atoms with van der Waals surface area (Å²) in [6.45, 7) is 7.03. The smallest absolute Gasteiger partial charge is 0.191 e. The Kier molecular flexibility index (Phi) is 11.6. The Labute approximate surface area is 186 Å². The maximum absolute atomic E-state index is 5.58. The number of methoxy groups -OCH3 is 1. The predicted molar refractivity (Wildman–Crippen MR) is 127 cm³/mol. The molecule has 0 bridgehead atoms. The van der Waals surface area contributed by atoms with Crippen LogP contribution in [0.25, 0.3) is 0 Å². The van der Waals surface area contributed by atoms with Crippen LogP contribution in [-0.2, 0) is 11.3 Å². The van der Waals surface area contributed by atoms with Gasteiger partial charge in [0.15, 0.2) is 5.96 Å². The molecule has 28 heavy (non-hydrogen) atoms. The van der Waals surface area contributed by atoms with Crippen molar-refractivity contribution in [3.8, 4) is 5.75 Å². The fraction of sp³-hybridized carbons (Fsp3) is 0.409. The summed E-state index contributed by atoms with van der Waals surface area (Å²) < 4.78 is 10.6. The van der Waals surface area contributed by atoms with Crippen LogP contribution in [0.5, 0.6) is 5.75 Å². The topological polar surface area (TPSA) is 54.9 Å². The number of nitrogens with one attached hydrogen (secondary N) is 2. The van der Waals surface area contributed by atoms with E-state index in [0.717, 1.165) is 18.3 Å². The third kappa shape index (κ3) is 8.48. The molecular weight excluding hydrogens is 465 g/mol. The molecule has 2 N–H and O–H groups in total. The van der Waals surface area contributed by atoms with Crippen LogP contribution in [0.2, 0.25) is 0 Å². The highest BCUT2D eigenvalue weighted by Crippen LogP contribution is 2.15. The summed E-state index contributed by atoms with van der Waals surface area (Å²) in [6.07, 6.45) is 0. The standard InChI is InChI=1S/C22H31N3O2.HI/c1-17-6-5-7-20(14-17)18(2)15-24-22(23-3)25-16-19-8-10-21(11-9-19)27-13-12-26-4;/h5-11,14,18H,12-13,15-16H2,1-4H3,(H2,23,24,25);1H. The monoisotopic (exact) mass is 497 g/mol. The molecule has 5 nitrogen and oxygen atoms in total. The van der Waals surface area contributed by atoms with Crippen molar-refractivity contribution in [1.82, 2.24) is 10.6 Å². The Bertz CT molecular complexity index is 720. The van der Waals surface area contributed by atoms with Gasteiger partial charge in [0.05, 0.1) is 6.61 Å². The maximum Gasteiger partial charge on any atom is 0.191 e. The van der Waals surface area contributed by atoms with Crippen LogP contribution < -0.4 is 15.4 Å². The van der Waals surface area contributed by atoms with E-state index >= 15 is 0 Å². The minimum Gasteiger partial charge on any atom is -0.491 e. The number of aliphatic imine (C=N–C) groups is 1. The second kappa shape index (κ2) is 13.4. The Hall–Kier alpha value is -1.80. The minimum atomic E-state index is 0. The molecule has 2 rings (SSSR count). The van der Waals surface area contributed by atoms with Gasteiger partial charge in [-0.3, -0.25) is 4.99 Å². The summed E-state index contributed by atoms with van der Waals surface area (Å²) in [5.74, 6) is 2.06. The van der Waals surface area contributed by atoms with Crippen LogP contribution in [0.4, 0.5) is 0 Å². The first-order chi connectivity index (χ1) is 13.1. The Morgan fingerprint density at radius 3 is 2.46 bits per heavy atom. The highest BCUT2D eigenvalue weighted by atomic mass is 127. The summed E-state index contributed by atoms with van der Waals surface area (Å²) in [4.78, 5) is 4.31. The van der Waals surface area contributed by atoms with E-state index in [1.807, 2.05) is 12.1 Å². The van der Waals surface area contributed by atoms with Crippen LogP contribution in [-0.4, -0.2) is 39.9 Å². The molecular formula is C22H32IN3O2. The molecule has 1 atom stereocenters. The third-order valence-electron chi connectivity index (χ3n) is 4.35. The summed E-state index contributed by atoms with van der Waals surface area (Å²) in [5.41, 5.74) is 3.79. The van der Waals surface area contributed by atoms with Crippen LogP contribution in [0.3, 0.4) is 0 Å². The van der Waals surface area contributed by atoms with E-state index in [1.165, 1.54) is 16.7 Å². The molecule has 0 amide bonds. The van der Waals surface area contributed by atoms with Gasteiger partial charge in [0, 0.05) is 27.2 Å². The zero-order chi connectivity index (χ0) is 19.5. The minimum absolute atomic E-state index is 0. The molecule has 0 saturated carbocycles. The van der Waals surface area contributed by atoms with Gasteiger partial charge in [-0.1, -0.05) is 48.9 Å². The van der Waals surface area contributed by atoms with Gasteiger partial charge in [-0.2, -0.15) is 0 Å². The summed E-state index contributed by atoms with van der Waals surface area (Å²) in [7, 11) is 3.46. The molecule has 154 valence electrons. The number of hydrogen-bond donors (Lipinski definition) is 2. The average molecular weight is 497 g/mol. The van der Waals surface area contributed by atoms with Gasteiger partial charge >= 0.3 is 0 Å². The average Bonchev–Trinajstić information content (AvgIpc) is 2.69. The van der Waals surface area contributed by atoms with Crippen molar-refractivity contribution in [1.29, 1.82) is 0 Å². The third-order valence-corrected chi connectivity index (χ3v) is 4.35. The number of aryl methyl sites for hydroxylation is 1. The van der Waals surface area contributed by atoms with Crippen molar-refractivity contribution in [3.05, 3.63) is 65.2 Å². The van der Waals surface area contributed by atoms with Gasteiger partial charge in [0.25, 0.3) is 0 Å². The first-order valence-corrected chi connectivity index (χ1v) is 9.34. The fourth-order valence-corrected chi connectivity index (χ4v) is 2.70. The largest absolute Gasteiger partial charge is 0.491 e. The van der Waals surface area contributed by atoms with Crippen molar-refractivity contribution < 1.29 is 9.47 Å². The van der Waals surface area contributed by atoms with E-state index in [0.29, 0.717) is 25.7 Å². The first kappa shape index (κ1) is 24.2. The van der Waals surface area contributed by atoms with Crippen molar-refractivity contribution in [2.45, 2.75) is 26.3 Å². The number of hydrogen-bond acceptors (Lipinski definition) is 3. The number of benzene rings is 2. The predicted octanol–water partition coefficient (Wildman–Crippen LogP) is 4.11. The zero-order valence-corrected chi connectivity index (χ0v) is 19.5. The summed E-state index contributed by atoms with van der Waals surface area (Å²) in [5, 5.41) is 6.76. The second-order valence-corrected chi connectivity index (χ2v) is 6.61. The lowest BCUT2D eigenvalue weighted by Gasteiger charge is -2.17. The van der Waals surface area contributed by atoms with E-state index in [9.17, 15) is 0 Å². The van der Waals surface area contributed by atoms with E-state index in [2.05, 4.69) is 65.9 Å². The van der Waals surface area contributed by atoms with Gasteiger partial charge in [-0.25, -0.2) is 0 Å². The number of rotatable bonds is 9. The lowest BCUT2D eigenvalue weighted by atomic mass is 9.99. The molecule has 0 heterocycles. The number of ether oxygens (including phenoxy) is 2. The lowest BCUT2D eigenvalue weighted by Crippen LogP contribution is -2.38.